The first-order valence-corrected chi connectivity index (χ1v) is 9.02. The van der Waals surface area contributed by atoms with Gasteiger partial charge in [-0.2, -0.15) is 13.2 Å². The van der Waals surface area contributed by atoms with Gasteiger partial charge in [0.25, 0.3) is 0 Å². The monoisotopic (exact) mass is 448 g/mol. The van der Waals surface area contributed by atoms with Gasteiger partial charge in [-0.05, 0) is 47.5 Å². The van der Waals surface area contributed by atoms with Crippen LogP contribution in [0.2, 0.25) is 0 Å². The third-order valence-electron chi connectivity index (χ3n) is 4.60. The van der Waals surface area contributed by atoms with Gasteiger partial charge in [0.1, 0.15) is 5.82 Å². The number of anilines is 3. The van der Waals surface area contributed by atoms with Crippen LogP contribution in [-0.4, -0.2) is 11.2 Å². The highest BCUT2D eigenvalue weighted by Crippen LogP contribution is 2.35. The molecule has 0 unspecified atom stereocenters. The first-order valence-electron chi connectivity index (χ1n) is 9.02. The Bertz CT molecular complexity index is 1320. The number of aromatic nitrogens is 1. The zero-order chi connectivity index (χ0) is 23.0. The van der Waals surface area contributed by atoms with E-state index in [1.807, 2.05) is 5.32 Å². The van der Waals surface area contributed by atoms with Crippen LogP contribution in [0.4, 0.5) is 43.9 Å². The van der Waals surface area contributed by atoms with Crippen LogP contribution in [0, 0.1) is 11.6 Å². The molecule has 4 N–H and O–H groups in total. The fraction of sp³-hybridized carbons (Fsp3) is 0.0476. The number of benzene rings is 3. The van der Waals surface area contributed by atoms with E-state index in [1.54, 1.807) is 12.1 Å². The highest BCUT2D eigenvalue weighted by atomic mass is 19.4. The van der Waals surface area contributed by atoms with E-state index in [0.717, 1.165) is 0 Å². The van der Waals surface area contributed by atoms with Crippen molar-refractivity contribution in [3.05, 3.63) is 71.8 Å². The Labute approximate surface area is 176 Å². The van der Waals surface area contributed by atoms with E-state index in [0.29, 0.717) is 34.7 Å². The van der Waals surface area contributed by atoms with Crippen molar-refractivity contribution in [3.8, 4) is 11.1 Å². The summed E-state index contributed by atoms with van der Waals surface area (Å²) in [6.45, 7) is 0. The van der Waals surface area contributed by atoms with E-state index >= 15 is 0 Å². The molecule has 6 nitrogen and oxygen atoms in total. The molecular weight excluding hydrogens is 435 g/mol. The number of urea groups is 1. The third-order valence-corrected chi connectivity index (χ3v) is 4.60. The van der Waals surface area contributed by atoms with Crippen LogP contribution in [0.15, 0.2) is 59.1 Å². The maximum Gasteiger partial charge on any atom is 0.416 e. The largest absolute Gasteiger partial charge is 0.416 e. The van der Waals surface area contributed by atoms with Crippen molar-refractivity contribution in [2.75, 3.05) is 16.4 Å². The molecule has 4 aromatic rings. The summed E-state index contributed by atoms with van der Waals surface area (Å²) < 4.78 is 71.0. The number of rotatable bonds is 3. The minimum absolute atomic E-state index is 0.0131. The first-order chi connectivity index (χ1) is 15.1. The van der Waals surface area contributed by atoms with E-state index in [9.17, 15) is 26.7 Å². The minimum Gasteiger partial charge on any atom is -0.380 e. The van der Waals surface area contributed by atoms with Crippen LogP contribution in [0.5, 0.6) is 0 Å². The van der Waals surface area contributed by atoms with Crippen LogP contribution in [0.3, 0.4) is 0 Å². The molecule has 0 bridgehead atoms. The van der Waals surface area contributed by atoms with Crippen LogP contribution < -0.4 is 16.4 Å². The number of hydrogen-bond donors (Lipinski definition) is 3. The number of carbonyl (C=O) groups is 1. The zero-order valence-corrected chi connectivity index (χ0v) is 15.9. The third kappa shape index (κ3) is 4.04. The molecule has 4 rings (SSSR count). The molecule has 3 aromatic carbocycles. The molecule has 0 radical (unpaired) electrons. The minimum atomic E-state index is -4.68. The van der Waals surface area contributed by atoms with Gasteiger partial charge in [0.15, 0.2) is 11.6 Å². The fourth-order valence-electron chi connectivity index (χ4n) is 3.10. The van der Waals surface area contributed by atoms with E-state index in [2.05, 4.69) is 10.5 Å². The summed E-state index contributed by atoms with van der Waals surface area (Å²) in [4.78, 5) is 12.1. The summed E-state index contributed by atoms with van der Waals surface area (Å²) >= 11 is 0. The molecule has 0 saturated heterocycles. The molecule has 2 amide bonds. The molecule has 32 heavy (non-hydrogen) atoms. The molecule has 1 aromatic heterocycles. The number of amides is 2. The van der Waals surface area contributed by atoms with Gasteiger partial charge in [-0.3, -0.25) is 0 Å². The lowest BCUT2D eigenvalue weighted by atomic mass is 10.0. The smallest absolute Gasteiger partial charge is 0.380 e. The van der Waals surface area contributed by atoms with Gasteiger partial charge < -0.3 is 20.9 Å². The average molecular weight is 448 g/mol. The predicted molar refractivity (Wildman–Crippen MR) is 108 cm³/mol. The second-order valence-electron chi connectivity index (χ2n) is 6.72. The van der Waals surface area contributed by atoms with Crippen molar-refractivity contribution in [1.82, 2.24) is 5.16 Å². The van der Waals surface area contributed by atoms with Gasteiger partial charge in [0.2, 0.25) is 5.58 Å². The van der Waals surface area contributed by atoms with Crippen molar-refractivity contribution in [2.45, 2.75) is 6.18 Å². The van der Waals surface area contributed by atoms with E-state index in [1.165, 1.54) is 24.3 Å². The Morgan fingerprint density at radius 1 is 0.938 bits per heavy atom. The molecule has 164 valence electrons. The molecule has 1 heterocycles. The van der Waals surface area contributed by atoms with Gasteiger partial charge in [-0.15, -0.1) is 0 Å². The quantitative estimate of drug-likeness (QED) is 0.334. The second kappa shape index (κ2) is 7.84. The Morgan fingerprint density at radius 3 is 2.31 bits per heavy atom. The van der Waals surface area contributed by atoms with Gasteiger partial charge in [-0.1, -0.05) is 23.4 Å². The van der Waals surface area contributed by atoms with Crippen LogP contribution >= 0.6 is 0 Å². The maximum absolute atomic E-state index is 13.9. The van der Waals surface area contributed by atoms with Crippen LogP contribution in [0.25, 0.3) is 22.1 Å². The molecule has 0 fully saturated rings. The summed E-state index contributed by atoms with van der Waals surface area (Å²) in [7, 11) is 0. The second-order valence-corrected chi connectivity index (χ2v) is 6.72. The Balaban J connectivity index is 1.52. The molecule has 0 aliphatic carbocycles. The maximum atomic E-state index is 13.9. The number of fused-ring (bicyclic) bond motifs is 1. The molecular formula is C21H13F5N4O2. The summed E-state index contributed by atoms with van der Waals surface area (Å²) in [5.41, 5.74) is 5.38. The van der Waals surface area contributed by atoms with Crippen molar-refractivity contribution in [2.24, 2.45) is 0 Å². The number of hydrogen-bond acceptors (Lipinski definition) is 4. The van der Waals surface area contributed by atoms with Gasteiger partial charge >= 0.3 is 12.2 Å². The standard InChI is InChI=1S/C21H13F5N4O2/c22-14-7-3-11(21(24,25)26)9-16(14)29-20(31)28-12-4-1-10(2-5-12)13-6-8-15(23)18-17(13)19(27)30-32-18/h1-9H,(H2,27,30)(H2,28,29,31). The number of nitrogens with two attached hydrogens (primary N) is 1. The SMILES string of the molecule is Nc1noc2c(F)ccc(-c3ccc(NC(=O)Nc4cc(C(F)(F)F)ccc4F)cc3)c12. The molecule has 11 heteroatoms. The van der Waals surface area contributed by atoms with Crippen LogP contribution in [0.1, 0.15) is 5.56 Å². The predicted octanol–water partition coefficient (Wildman–Crippen LogP) is 6.02. The Kier molecular flexibility index (Phi) is 5.17. The van der Waals surface area contributed by atoms with Crippen LogP contribution in [-0.2, 0) is 6.18 Å². The zero-order valence-electron chi connectivity index (χ0n) is 15.9. The van der Waals surface area contributed by atoms with Crippen molar-refractivity contribution in [3.63, 3.8) is 0 Å². The number of halogens is 5. The molecule has 0 spiro atoms. The van der Waals surface area contributed by atoms with Gasteiger partial charge in [0, 0.05) is 5.69 Å². The van der Waals surface area contributed by atoms with Gasteiger partial charge in [-0.25, -0.2) is 13.6 Å². The molecule has 0 atom stereocenters. The highest BCUT2D eigenvalue weighted by molar-refractivity contribution is 6.02. The number of nitrogens with zero attached hydrogens (tertiary/aromatic N) is 1. The topological polar surface area (TPSA) is 93.2 Å². The van der Waals surface area contributed by atoms with Crippen molar-refractivity contribution < 1.29 is 31.3 Å². The fourth-order valence-corrected chi connectivity index (χ4v) is 3.10. The van der Waals surface area contributed by atoms with E-state index in [4.69, 9.17) is 10.3 Å². The summed E-state index contributed by atoms with van der Waals surface area (Å²) in [6.07, 6.45) is -4.68. The summed E-state index contributed by atoms with van der Waals surface area (Å²) in [5.74, 6) is -1.63. The lowest BCUT2D eigenvalue weighted by Crippen LogP contribution is -2.20. The summed E-state index contributed by atoms with van der Waals surface area (Å²) in [6, 6.07) is 9.64. The first kappa shape index (κ1) is 21.1. The Hall–Kier alpha value is -4.15. The number of carbonyl (C=O) groups excluding carboxylic acids is 1. The lowest BCUT2D eigenvalue weighted by Gasteiger charge is -2.12. The average Bonchev–Trinajstić information content (AvgIpc) is 3.12. The summed E-state index contributed by atoms with van der Waals surface area (Å²) in [5, 5.41) is 8.30. The molecule has 0 aliphatic rings. The van der Waals surface area contributed by atoms with E-state index in [-0.39, 0.29) is 17.1 Å². The molecule has 0 saturated carbocycles. The number of nitrogens with one attached hydrogen (secondary N) is 2. The van der Waals surface area contributed by atoms with Crippen molar-refractivity contribution in [1.29, 1.82) is 0 Å². The number of nitrogen functional groups attached to an aromatic ring is 1. The van der Waals surface area contributed by atoms with E-state index < -0.39 is 35.1 Å². The number of alkyl halides is 3. The van der Waals surface area contributed by atoms with Crippen molar-refractivity contribution >= 4 is 34.2 Å². The lowest BCUT2D eigenvalue weighted by molar-refractivity contribution is -0.137. The highest BCUT2D eigenvalue weighted by Gasteiger charge is 2.31. The Morgan fingerprint density at radius 2 is 1.62 bits per heavy atom. The molecule has 0 aliphatic heterocycles. The normalized spacial score (nSPS) is 11.5. The van der Waals surface area contributed by atoms with Gasteiger partial charge in [0.05, 0.1) is 16.6 Å².